The largest absolute Gasteiger partial charge is 0.338 e. The van der Waals surface area contributed by atoms with Crippen molar-refractivity contribution in [3.8, 4) is 0 Å². The third-order valence-corrected chi connectivity index (χ3v) is 3.96. The Kier molecular flexibility index (Phi) is 5.56. The van der Waals surface area contributed by atoms with E-state index in [0.29, 0.717) is 18.5 Å². The second-order valence-corrected chi connectivity index (χ2v) is 5.63. The van der Waals surface area contributed by atoms with Crippen molar-refractivity contribution in [2.75, 3.05) is 26.2 Å². The summed E-state index contributed by atoms with van der Waals surface area (Å²) in [5.74, 6) is 0.122. The molecule has 4 nitrogen and oxygen atoms in total. The van der Waals surface area contributed by atoms with Crippen molar-refractivity contribution in [1.82, 2.24) is 15.5 Å². The van der Waals surface area contributed by atoms with E-state index in [1.807, 2.05) is 24.0 Å². The fourth-order valence-corrected chi connectivity index (χ4v) is 2.63. The van der Waals surface area contributed by atoms with Crippen molar-refractivity contribution < 1.29 is 9.18 Å². The molecule has 1 aromatic rings. The van der Waals surface area contributed by atoms with Gasteiger partial charge in [0.2, 0.25) is 0 Å². The molecule has 2 rings (SSSR count). The van der Waals surface area contributed by atoms with Gasteiger partial charge >= 0.3 is 6.03 Å². The van der Waals surface area contributed by atoms with Crippen LogP contribution < -0.4 is 10.6 Å². The molecular formula is C16H24FN3O. The monoisotopic (exact) mass is 293 g/mol. The second-order valence-electron chi connectivity index (χ2n) is 5.63. The normalized spacial score (nSPS) is 19.6. The average molecular weight is 293 g/mol. The topological polar surface area (TPSA) is 44.4 Å². The summed E-state index contributed by atoms with van der Waals surface area (Å²) in [5, 5.41) is 6.33. The van der Waals surface area contributed by atoms with Gasteiger partial charge in [0.25, 0.3) is 0 Å². The molecule has 1 aliphatic rings. The van der Waals surface area contributed by atoms with Crippen molar-refractivity contribution in [3.63, 3.8) is 0 Å². The Bertz CT molecular complexity index is 463. The van der Waals surface area contributed by atoms with Crippen molar-refractivity contribution in [1.29, 1.82) is 0 Å². The van der Waals surface area contributed by atoms with Gasteiger partial charge in [0.15, 0.2) is 0 Å². The number of hydrogen-bond acceptors (Lipinski definition) is 2. The summed E-state index contributed by atoms with van der Waals surface area (Å²) in [4.78, 5) is 13.6. The molecule has 0 spiro atoms. The van der Waals surface area contributed by atoms with Crippen LogP contribution in [0.3, 0.4) is 0 Å². The summed E-state index contributed by atoms with van der Waals surface area (Å²) in [6.45, 7) is 7.09. The summed E-state index contributed by atoms with van der Waals surface area (Å²) in [7, 11) is 0. The highest BCUT2D eigenvalue weighted by Gasteiger charge is 2.25. The van der Waals surface area contributed by atoms with E-state index in [2.05, 4.69) is 17.6 Å². The molecule has 2 atom stereocenters. The van der Waals surface area contributed by atoms with Gasteiger partial charge in [0.1, 0.15) is 5.82 Å². The van der Waals surface area contributed by atoms with E-state index >= 15 is 0 Å². The van der Waals surface area contributed by atoms with Crippen molar-refractivity contribution >= 4 is 6.03 Å². The number of rotatable bonds is 5. The summed E-state index contributed by atoms with van der Waals surface area (Å²) >= 11 is 0. The Hall–Kier alpha value is -1.62. The van der Waals surface area contributed by atoms with Crippen LogP contribution in [0.15, 0.2) is 24.3 Å². The number of benzene rings is 1. The van der Waals surface area contributed by atoms with E-state index < -0.39 is 0 Å². The number of halogens is 1. The van der Waals surface area contributed by atoms with Crippen LogP contribution in [-0.2, 0) is 0 Å². The minimum Gasteiger partial charge on any atom is -0.338 e. The van der Waals surface area contributed by atoms with E-state index in [4.69, 9.17) is 0 Å². The quantitative estimate of drug-likeness (QED) is 0.875. The highest BCUT2D eigenvalue weighted by molar-refractivity contribution is 5.74. The molecule has 1 aliphatic heterocycles. The molecule has 21 heavy (non-hydrogen) atoms. The number of nitrogens with one attached hydrogen (secondary N) is 2. The lowest BCUT2D eigenvalue weighted by atomic mass is 10.0. The van der Waals surface area contributed by atoms with Gasteiger partial charge in [0, 0.05) is 32.2 Å². The Labute approximate surface area is 125 Å². The molecule has 5 heteroatoms. The molecule has 0 aliphatic carbocycles. The Balaban J connectivity index is 1.76. The van der Waals surface area contributed by atoms with Crippen LogP contribution in [0.5, 0.6) is 0 Å². The summed E-state index contributed by atoms with van der Waals surface area (Å²) in [6.07, 6.45) is 0.979. The third-order valence-electron chi connectivity index (χ3n) is 3.96. The first kappa shape index (κ1) is 15.8. The number of amides is 2. The summed E-state index contributed by atoms with van der Waals surface area (Å²) in [6, 6.07) is 7.02. The van der Waals surface area contributed by atoms with Gasteiger partial charge in [0.05, 0.1) is 0 Å². The number of carbonyl (C=O) groups excluding carboxylic acids is 1. The van der Waals surface area contributed by atoms with Crippen LogP contribution in [-0.4, -0.2) is 43.2 Å². The Morgan fingerprint density at radius 1 is 1.43 bits per heavy atom. The zero-order valence-corrected chi connectivity index (χ0v) is 12.7. The van der Waals surface area contributed by atoms with Gasteiger partial charge in [-0.15, -0.1) is 0 Å². The molecular weight excluding hydrogens is 269 g/mol. The molecule has 2 N–H and O–H groups in total. The second kappa shape index (κ2) is 7.41. The zero-order chi connectivity index (χ0) is 15.2. The van der Waals surface area contributed by atoms with E-state index in [0.717, 1.165) is 31.6 Å². The third kappa shape index (κ3) is 4.43. The van der Waals surface area contributed by atoms with E-state index in [1.165, 1.54) is 12.1 Å². The maximum atomic E-state index is 12.9. The van der Waals surface area contributed by atoms with Gasteiger partial charge in [-0.2, -0.15) is 0 Å². The number of carbonyl (C=O) groups is 1. The molecule has 0 saturated carbocycles. The van der Waals surface area contributed by atoms with Crippen molar-refractivity contribution in [2.45, 2.75) is 32.2 Å². The van der Waals surface area contributed by atoms with E-state index in [-0.39, 0.29) is 11.8 Å². The van der Waals surface area contributed by atoms with Crippen molar-refractivity contribution in [3.05, 3.63) is 35.6 Å². The van der Waals surface area contributed by atoms with Crippen molar-refractivity contribution in [2.24, 2.45) is 0 Å². The van der Waals surface area contributed by atoms with Gasteiger partial charge in [-0.3, -0.25) is 0 Å². The molecule has 116 valence electrons. The lowest BCUT2D eigenvalue weighted by Gasteiger charge is -2.19. The van der Waals surface area contributed by atoms with Gasteiger partial charge < -0.3 is 15.5 Å². The average Bonchev–Trinajstić information content (AvgIpc) is 2.95. The highest BCUT2D eigenvalue weighted by Crippen LogP contribution is 2.16. The molecule has 1 saturated heterocycles. The van der Waals surface area contributed by atoms with Crippen LogP contribution in [0.1, 0.15) is 31.7 Å². The summed E-state index contributed by atoms with van der Waals surface area (Å²) in [5.41, 5.74) is 1.13. The number of hydrogen-bond donors (Lipinski definition) is 2. The molecule has 2 unspecified atom stereocenters. The number of likely N-dealkylation sites (tertiary alicyclic amines) is 1. The lowest BCUT2D eigenvalue weighted by Crippen LogP contribution is -2.41. The first-order valence-corrected chi connectivity index (χ1v) is 7.61. The smallest absolute Gasteiger partial charge is 0.317 e. The maximum Gasteiger partial charge on any atom is 0.317 e. The molecule has 1 aromatic carbocycles. The Morgan fingerprint density at radius 2 is 2.14 bits per heavy atom. The van der Waals surface area contributed by atoms with Crippen LogP contribution >= 0.6 is 0 Å². The maximum absolute atomic E-state index is 12.9. The lowest BCUT2D eigenvalue weighted by molar-refractivity contribution is 0.208. The predicted molar refractivity (Wildman–Crippen MR) is 81.9 cm³/mol. The fraction of sp³-hybridized carbons (Fsp3) is 0.562. The molecule has 2 amide bonds. The standard InChI is InChI=1S/C16H24FN3O/c1-3-18-16(21)20-9-8-15(11-20)19-10-12(2)13-4-6-14(17)7-5-13/h4-7,12,15,19H,3,8-11H2,1-2H3,(H,18,21). The van der Waals surface area contributed by atoms with Gasteiger partial charge in [-0.25, -0.2) is 9.18 Å². The Morgan fingerprint density at radius 3 is 2.81 bits per heavy atom. The highest BCUT2D eigenvalue weighted by atomic mass is 19.1. The SMILES string of the molecule is CCNC(=O)N1CCC(NCC(C)c2ccc(F)cc2)C1. The molecule has 0 bridgehead atoms. The molecule has 0 aromatic heterocycles. The zero-order valence-electron chi connectivity index (χ0n) is 12.7. The van der Waals surface area contributed by atoms with E-state index in [1.54, 1.807) is 0 Å². The number of nitrogens with zero attached hydrogens (tertiary/aromatic N) is 1. The number of urea groups is 1. The first-order valence-electron chi connectivity index (χ1n) is 7.61. The fourth-order valence-electron chi connectivity index (χ4n) is 2.63. The van der Waals surface area contributed by atoms with Gasteiger partial charge in [-0.1, -0.05) is 19.1 Å². The molecule has 1 heterocycles. The molecule has 0 radical (unpaired) electrons. The first-order chi connectivity index (χ1) is 10.1. The molecule has 1 fully saturated rings. The van der Waals surface area contributed by atoms with Crippen LogP contribution in [0.4, 0.5) is 9.18 Å². The minimum absolute atomic E-state index is 0.0217. The van der Waals surface area contributed by atoms with Crippen LogP contribution in [0.25, 0.3) is 0 Å². The van der Waals surface area contributed by atoms with E-state index in [9.17, 15) is 9.18 Å². The van der Waals surface area contributed by atoms with Gasteiger partial charge in [-0.05, 0) is 37.0 Å². The predicted octanol–water partition coefficient (Wildman–Crippen LogP) is 2.32. The van der Waals surface area contributed by atoms with Crippen LogP contribution in [0.2, 0.25) is 0 Å². The van der Waals surface area contributed by atoms with Crippen LogP contribution in [0, 0.1) is 5.82 Å². The minimum atomic E-state index is -0.202. The summed E-state index contributed by atoms with van der Waals surface area (Å²) < 4.78 is 12.9.